The van der Waals surface area contributed by atoms with Gasteiger partial charge in [-0.2, -0.15) is 0 Å². The van der Waals surface area contributed by atoms with Crippen LogP contribution in [-0.4, -0.2) is 98.3 Å². The number of hydrogen-bond donors (Lipinski definition) is 6. The Bertz CT molecular complexity index is 1350. The van der Waals surface area contributed by atoms with Gasteiger partial charge in [-0.05, 0) is 51.4 Å². The fraction of sp³-hybridized carbons (Fsp3) is 0.811. The molecule has 6 N–H and O–H groups in total. The first-order chi connectivity index (χ1) is 32.4. The Kier molecular flexibility index (Phi) is 40.0. The van der Waals surface area contributed by atoms with Gasteiger partial charge in [0.1, 0.15) is 43.2 Å². The van der Waals surface area contributed by atoms with Crippen molar-refractivity contribution in [3.63, 3.8) is 0 Å². The third kappa shape index (κ3) is 34.7. The molecule has 0 aromatic heterocycles. The highest BCUT2D eigenvalue weighted by Crippen LogP contribution is 2.47. The van der Waals surface area contributed by atoms with Gasteiger partial charge in [0.2, 0.25) is 0 Å². The maximum Gasteiger partial charge on any atom is 0.472 e. The molecule has 0 spiro atoms. The zero-order chi connectivity index (χ0) is 49.2. The molecule has 0 radical (unpaired) electrons. The van der Waals surface area contributed by atoms with Crippen LogP contribution in [0.15, 0.2) is 48.6 Å². The van der Waals surface area contributed by atoms with Crippen molar-refractivity contribution < 1.29 is 63.1 Å². The van der Waals surface area contributed by atoms with Gasteiger partial charge >= 0.3 is 19.8 Å². The average molecular weight is 971 g/mol. The lowest BCUT2D eigenvalue weighted by Gasteiger charge is -2.41. The molecular weight excluding hydrogens is 876 g/mol. The summed E-state index contributed by atoms with van der Waals surface area (Å²) in [6.07, 6.45) is 38.8. The summed E-state index contributed by atoms with van der Waals surface area (Å²) < 4.78 is 33.6. The lowest BCUT2D eigenvalue weighted by atomic mass is 9.85. The van der Waals surface area contributed by atoms with Crippen molar-refractivity contribution in [2.45, 2.75) is 262 Å². The average Bonchev–Trinajstić information content (AvgIpc) is 3.31. The minimum absolute atomic E-state index is 0.0877. The number of aliphatic hydroxyl groups is 5. The van der Waals surface area contributed by atoms with Gasteiger partial charge in [0.05, 0.1) is 6.61 Å². The van der Waals surface area contributed by atoms with Gasteiger partial charge in [-0.25, -0.2) is 4.57 Å². The molecular formula is C53H95O13P. The number of ether oxygens (including phenoxy) is 2. The molecule has 1 aliphatic carbocycles. The van der Waals surface area contributed by atoms with Gasteiger partial charge in [0, 0.05) is 12.8 Å². The summed E-state index contributed by atoms with van der Waals surface area (Å²) in [5, 5.41) is 50.3. The van der Waals surface area contributed by atoms with Crippen molar-refractivity contribution in [1.29, 1.82) is 0 Å². The van der Waals surface area contributed by atoms with E-state index < -0.39 is 75.7 Å². The predicted octanol–water partition coefficient (Wildman–Crippen LogP) is 11.5. The fourth-order valence-corrected chi connectivity index (χ4v) is 8.90. The fourth-order valence-electron chi connectivity index (χ4n) is 7.93. The molecule has 1 saturated carbocycles. The van der Waals surface area contributed by atoms with E-state index in [0.717, 1.165) is 51.4 Å². The highest BCUT2D eigenvalue weighted by atomic mass is 31.2. The maximum absolute atomic E-state index is 12.9. The highest BCUT2D eigenvalue weighted by molar-refractivity contribution is 7.47. The molecule has 0 amide bonds. The van der Waals surface area contributed by atoms with Crippen molar-refractivity contribution in [2.24, 2.45) is 0 Å². The number of unbranched alkanes of at least 4 members (excludes halogenated alkanes) is 24. The van der Waals surface area contributed by atoms with E-state index in [1.807, 2.05) is 12.2 Å². The van der Waals surface area contributed by atoms with Crippen LogP contribution >= 0.6 is 7.82 Å². The third-order valence-corrected chi connectivity index (χ3v) is 13.2. The van der Waals surface area contributed by atoms with Crippen molar-refractivity contribution in [1.82, 2.24) is 0 Å². The molecule has 1 aliphatic rings. The summed E-state index contributed by atoms with van der Waals surface area (Å²) in [5.41, 5.74) is 0. The Balaban J connectivity index is 2.41. The first-order valence-electron chi connectivity index (χ1n) is 26.4. The summed E-state index contributed by atoms with van der Waals surface area (Å²) in [6.45, 7) is 3.26. The largest absolute Gasteiger partial charge is 0.472 e. The molecule has 13 nitrogen and oxygen atoms in total. The Hall–Kier alpha value is -2.19. The number of carbonyl (C=O) groups is 2. The Morgan fingerprint density at radius 2 is 0.821 bits per heavy atom. The Labute approximate surface area is 405 Å². The maximum atomic E-state index is 12.9. The standard InChI is InChI=1S/C53H95O13P/c1-3-5-7-9-11-13-15-17-19-21-22-23-24-26-28-30-32-34-36-38-40-42-47(55)65-45(44-64-67(61,62)66-53-51(59)49(57)48(56)50(58)52(53)60)43-63-46(54)41-39-37-35-33-31-29-27-25-20-18-16-14-12-10-8-6-4-2/h12,14,18,20,27,29,33,35,45,48-53,56-60H,3-11,13,15-17,19,21-26,28,30-32,34,36-44H2,1-2H3,(H,61,62)/b14-12+,20-18+,29-27+,35-33+/t45-,48?,49-,50?,51?,52?,53?/m1/s1. The molecule has 6 unspecified atom stereocenters. The number of esters is 2. The van der Waals surface area contributed by atoms with E-state index >= 15 is 0 Å². The second kappa shape index (κ2) is 42.7. The van der Waals surface area contributed by atoms with Crippen LogP contribution in [0.1, 0.15) is 219 Å². The van der Waals surface area contributed by atoms with Crippen LogP contribution in [0.5, 0.6) is 0 Å². The van der Waals surface area contributed by atoms with Gasteiger partial charge in [-0.3, -0.25) is 18.6 Å². The van der Waals surface area contributed by atoms with Crippen LogP contribution in [0.3, 0.4) is 0 Å². The number of rotatable bonds is 44. The van der Waals surface area contributed by atoms with Crippen LogP contribution in [-0.2, 0) is 32.7 Å². The molecule has 0 aromatic carbocycles. The first-order valence-corrected chi connectivity index (χ1v) is 27.9. The molecule has 0 heterocycles. The van der Waals surface area contributed by atoms with Crippen molar-refractivity contribution in [3.8, 4) is 0 Å². The summed E-state index contributed by atoms with van der Waals surface area (Å²) in [6, 6.07) is 0. The lowest BCUT2D eigenvalue weighted by Crippen LogP contribution is -2.64. The van der Waals surface area contributed by atoms with E-state index in [0.29, 0.717) is 19.3 Å². The number of carbonyl (C=O) groups excluding carboxylic acids is 2. The smallest absolute Gasteiger partial charge is 0.462 e. The number of phosphoric acid groups is 1. The first kappa shape index (κ1) is 62.8. The van der Waals surface area contributed by atoms with E-state index in [1.54, 1.807) is 0 Å². The molecule has 390 valence electrons. The molecule has 1 rings (SSSR count). The van der Waals surface area contributed by atoms with Crippen LogP contribution in [0, 0.1) is 0 Å². The normalized spacial score (nSPS) is 21.5. The lowest BCUT2D eigenvalue weighted by molar-refractivity contribution is -0.220. The van der Waals surface area contributed by atoms with Crippen LogP contribution in [0.4, 0.5) is 0 Å². The predicted molar refractivity (Wildman–Crippen MR) is 267 cm³/mol. The highest BCUT2D eigenvalue weighted by Gasteiger charge is 2.51. The minimum Gasteiger partial charge on any atom is -0.462 e. The summed E-state index contributed by atoms with van der Waals surface area (Å²) >= 11 is 0. The zero-order valence-electron chi connectivity index (χ0n) is 41.7. The van der Waals surface area contributed by atoms with Crippen LogP contribution < -0.4 is 0 Å². The molecule has 14 heteroatoms. The molecule has 0 aromatic rings. The Morgan fingerprint density at radius 3 is 1.27 bits per heavy atom. The molecule has 0 saturated heterocycles. The quantitative estimate of drug-likeness (QED) is 0.0145. The summed E-state index contributed by atoms with van der Waals surface area (Å²) in [5.74, 6) is -1.16. The third-order valence-electron chi connectivity index (χ3n) is 12.2. The van der Waals surface area contributed by atoms with E-state index in [4.69, 9.17) is 18.5 Å². The van der Waals surface area contributed by atoms with Crippen molar-refractivity contribution >= 4 is 19.8 Å². The van der Waals surface area contributed by atoms with Gasteiger partial charge in [0.15, 0.2) is 6.10 Å². The summed E-state index contributed by atoms with van der Waals surface area (Å²) in [4.78, 5) is 35.8. The van der Waals surface area contributed by atoms with Gasteiger partial charge < -0.3 is 39.9 Å². The number of phosphoric ester groups is 1. The summed E-state index contributed by atoms with van der Waals surface area (Å²) in [7, 11) is -5.13. The molecule has 0 bridgehead atoms. The van der Waals surface area contributed by atoms with Gasteiger partial charge in [-0.15, -0.1) is 0 Å². The van der Waals surface area contributed by atoms with E-state index in [1.165, 1.54) is 122 Å². The van der Waals surface area contributed by atoms with Crippen molar-refractivity contribution in [2.75, 3.05) is 13.2 Å². The van der Waals surface area contributed by atoms with E-state index in [9.17, 15) is 44.6 Å². The van der Waals surface area contributed by atoms with Crippen LogP contribution in [0.2, 0.25) is 0 Å². The number of aliphatic hydroxyl groups excluding tert-OH is 5. The zero-order valence-corrected chi connectivity index (χ0v) is 42.6. The minimum atomic E-state index is -5.13. The molecule has 67 heavy (non-hydrogen) atoms. The van der Waals surface area contributed by atoms with Crippen LogP contribution in [0.25, 0.3) is 0 Å². The van der Waals surface area contributed by atoms with E-state index in [2.05, 4.69) is 50.3 Å². The van der Waals surface area contributed by atoms with Gasteiger partial charge in [0.25, 0.3) is 0 Å². The second-order valence-electron chi connectivity index (χ2n) is 18.4. The van der Waals surface area contributed by atoms with Gasteiger partial charge in [-0.1, -0.05) is 204 Å². The molecule has 0 aliphatic heterocycles. The molecule has 1 fully saturated rings. The number of hydrogen-bond acceptors (Lipinski definition) is 12. The Morgan fingerprint density at radius 1 is 0.463 bits per heavy atom. The molecule has 8 atom stereocenters. The second-order valence-corrected chi connectivity index (χ2v) is 19.8. The SMILES string of the molecule is CCCCC/C=C/C/C=C/C/C=C/C/C=C/CCCC(=O)OC[C@H](COP(=O)(O)OC1C(O)C(O)C(O)[C@@H](O)C1O)OC(=O)CCCCCCCCCCCCCCCCCCCCCCC. The van der Waals surface area contributed by atoms with Crippen molar-refractivity contribution in [3.05, 3.63) is 48.6 Å². The monoisotopic (exact) mass is 971 g/mol. The topological polar surface area (TPSA) is 210 Å². The number of allylic oxidation sites excluding steroid dienone is 8. The van der Waals surface area contributed by atoms with E-state index in [-0.39, 0.29) is 12.8 Å².